The second-order valence-electron chi connectivity index (χ2n) is 3.93. The lowest BCUT2D eigenvalue weighted by Crippen LogP contribution is -2.05. The number of benzene rings is 2. The molecule has 0 saturated carbocycles. The average Bonchev–Trinajstić information content (AvgIpc) is 2.38. The van der Waals surface area contributed by atoms with Crippen LogP contribution in [0.4, 0.5) is 0 Å². The van der Waals surface area contributed by atoms with E-state index in [1.54, 1.807) is 42.5 Å². The van der Waals surface area contributed by atoms with Crippen LogP contribution in [0.1, 0.15) is 22.8 Å². The normalized spacial score (nSPS) is 10.0. The lowest BCUT2D eigenvalue weighted by atomic mass is 10.0. The van der Waals surface area contributed by atoms with Crippen LogP contribution >= 0.6 is 11.6 Å². The van der Waals surface area contributed by atoms with Gasteiger partial charge in [0, 0.05) is 18.1 Å². The van der Waals surface area contributed by atoms with E-state index in [0.29, 0.717) is 21.9 Å². The SMILES string of the molecule is CC(=O)Oc1cccc(C(=O)c2ccccc2Cl)c1. The number of ether oxygens (including phenoxy) is 1. The molecule has 19 heavy (non-hydrogen) atoms. The zero-order valence-corrected chi connectivity index (χ0v) is 11.0. The van der Waals surface area contributed by atoms with Crippen molar-refractivity contribution in [2.24, 2.45) is 0 Å². The molecule has 0 spiro atoms. The van der Waals surface area contributed by atoms with E-state index in [4.69, 9.17) is 16.3 Å². The number of halogens is 1. The Morgan fingerprint density at radius 2 is 1.79 bits per heavy atom. The molecule has 0 aromatic heterocycles. The number of esters is 1. The summed E-state index contributed by atoms with van der Waals surface area (Å²) >= 11 is 5.99. The highest BCUT2D eigenvalue weighted by molar-refractivity contribution is 6.35. The summed E-state index contributed by atoms with van der Waals surface area (Å²) in [6.07, 6.45) is 0. The topological polar surface area (TPSA) is 43.4 Å². The quantitative estimate of drug-likeness (QED) is 0.489. The minimum atomic E-state index is -0.428. The van der Waals surface area contributed by atoms with Crippen molar-refractivity contribution in [1.29, 1.82) is 0 Å². The molecule has 0 unspecified atom stereocenters. The Morgan fingerprint density at radius 3 is 2.47 bits per heavy atom. The Hall–Kier alpha value is -2.13. The number of hydrogen-bond donors (Lipinski definition) is 0. The number of carbonyl (C=O) groups is 2. The van der Waals surface area contributed by atoms with Gasteiger partial charge in [-0.25, -0.2) is 0 Å². The molecular weight excluding hydrogens is 264 g/mol. The van der Waals surface area contributed by atoms with Gasteiger partial charge in [0.1, 0.15) is 5.75 Å². The van der Waals surface area contributed by atoms with Gasteiger partial charge in [0.05, 0.1) is 5.02 Å². The van der Waals surface area contributed by atoms with Crippen molar-refractivity contribution in [2.45, 2.75) is 6.92 Å². The predicted octanol–water partition coefficient (Wildman–Crippen LogP) is 3.50. The molecule has 2 aromatic carbocycles. The largest absolute Gasteiger partial charge is 0.427 e. The fourth-order valence-corrected chi connectivity index (χ4v) is 1.89. The number of carbonyl (C=O) groups excluding carboxylic acids is 2. The lowest BCUT2D eigenvalue weighted by molar-refractivity contribution is -0.131. The van der Waals surface area contributed by atoms with Gasteiger partial charge in [-0.3, -0.25) is 9.59 Å². The Labute approximate surface area is 115 Å². The summed E-state index contributed by atoms with van der Waals surface area (Å²) in [4.78, 5) is 23.2. The highest BCUT2D eigenvalue weighted by atomic mass is 35.5. The van der Waals surface area contributed by atoms with E-state index < -0.39 is 5.97 Å². The van der Waals surface area contributed by atoms with Gasteiger partial charge in [-0.1, -0.05) is 35.9 Å². The summed E-state index contributed by atoms with van der Waals surface area (Å²) in [7, 11) is 0. The van der Waals surface area contributed by atoms with E-state index in [0.717, 1.165) is 0 Å². The third kappa shape index (κ3) is 3.20. The second kappa shape index (κ2) is 5.67. The van der Waals surface area contributed by atoms with Crippen LogP contribution in [0.3, 0.4) is 0 Å². The molecule has 2 rings (SSSR count). The van der Waals surface area contributed by atoms with E-state index in [-0.39, 0.29) is 5.78 Å². The van der Waals surface area contributed by atoms with E-state index in [1.165, 1.54) is 13.0 Å². The van der Waals surface area contributed by atoms with Crippen LogP contribution in [0.25, 0.3) is 0 Å². The van der Waals surface area contributed by atoms with Crippen molar-refractivity contribution >= 4 is 23.4 Å². The summed E-state index contributed by atoms with van der Waals surface area (Å²) in [5.74, 6) is -0.299. The second-order valence-corrected chi connectivity index (χ2v) is 4.34. The van der Waals surface area contributed by atoms with Crippen molar-refractivity contribution in [1.82, 2.24) is 0 Å². The summed E-state index contributed by atoms with van der Waals surface area (Å²) in [6, 6.07) is 13.3. The minimum absolute atomic E-state index is 0.209. The van der Waals surface area contributed by atoms with E-state index in [2.05, 4.69) is 0 Å². The van der Waals surface area contributed by atoms with Crippen LogP contribution in [-0.4, -0.2) is 11.8 Å². The fraction of sp³-hybridized carbons (Fsp3) is 0.0667. The molecule has 3 nitrogen and oxygen atoms in total. The molecule has 0 heterocycles. The van der Waals surface area contributed by atoms with Crippen LogP contribution in [-0.2, 0) is 4.79 Å². The highest BCUT2D eigenvalue weighted by Gasteiger charge is 2.13. The molecule has 96 valence electrons. The van der Waals surface area contributed by atoms with Crippen LogP contribution in [0.15, 0.2) is 48.5 Å². The van der Waals surface area contributed by atoms with Crippen LogP contribution < -0.4 is 4.74 Å². The molecule has 2 aromatic rings. The molecule has 0 radical (unpaired) electrons. The first-order valence-electron chi connectivity index (χ1n) is 5.65. The smallest absolute Gasteiger partial charge is 0.308 e. The van der Waals surface area contributed by atoms with E-state index in [1.807, 2.05) is 0 Å². The molecule has 0 fully saturated rings. The Kier molecular flexibility index (Phi) is 3.97. The number of rotatable bonds is 3. The number of ketones is 1. The van der Waals surface area contributed by atoms with Gasteiger partial charge in [-0.05, 0) is 24.3 Å². The zero-order chi connectivity index (χ0) is 13.8. The van der Waals surface area contributed by atoms with Crippen molar-refractivity contribution < 1.29 is 14.3 Å². The molecule has 4 heteroatoms. The molecule has 0 aliphatic carbocycles. The van der Waals surface area contributed by atoms with Crippen molar-refractivity contribution in [3.8, 4) is 5.75 Å². The Morgan fingerprint density at radius 1 is 1.05 bits per heavy atom. The predicted molar refractivity (Wildman–Crippen MR) is 72.6 cm³/mol. The van der Waals surface area contributed by atoms with E-state index >= 15 is 0 Å². The fourth-order valence-electron chi connectivity index (χ4n) is 1.67. The first kappa shape index (κ1) is 13.3. The van der Waals surface area contributed by atoms with Crippen molar-refractivity contribution in [3.05, 3.63) is 64.7 Å². The Balaban J connectivity index is 2.34. The van der Waals surface area contributed by atoms with Crippen LogP contribution in [0.2, 0.25) is 5.02 Å². The summed E-state index contributed by atoms with van der Waals surface area (Å²) in [5.41, 5.74) is 0.844. The van der Waals surface area contributed by atoms with Crippen molar-refractivity contribution in [3.63, 3.8) is 0 Å². The van der Waals surface area contributed by atoms with Crippen LogP contribution in [0.5, 0.6) is 5.75 Å². The van der Waals surface area contributed by atoms with Gasteiger partial charge in [0.25, 0.3) is 0 Å². The maximum atomic E-state index is 12.3. The summed E-state index contributed by atoms with van der Waals surface area (Å²) < 4.78 is 4.95. The minimum Gasteiger partial charge on any atom is -0.427 e. The molecule has 0 saturated heterocycles. The van der Waals surface area contributed by atoms with Gasteiger partial charge in [-0.15, -0.1) is 0 Å². The monoisotopic (exact) mass is 274 g/mol. The highest BCUT2D eigenvalue weighted by Crippen LogP contribution is 2.21. The molecule has 0 amide bonds. The third-order valence-corrected chi connectivity index (χ3v) is 2.81. The number of hydrogen-bond acceptors (Lipinski definition) is 3. The molecule has 0 N–H and O–H groups in total. The van der Waals surface area contributed by atoms with Gasteiger partial charge in [0.2, 0.25) is 0 Å². The maximum absolute atomic E-state index is 12.3. The van der Waals surface area contributed by atoms with Crippen molar-refractivity contribution in [2.75, 3.05) is 0 Å². The maximum Gasteiger partial charge on any atom is 0.308 e. The molecule has 0 aliphatic heterocycles. The van der Waals surface area contributed by atoms with Gasteiger partial charge < -0.3 is 4.74 Å². The Bertz CT molecular complexity index is 635. The third-order valence-electron chi connectivity index (χ3n) is 2.48. The first-order valence-corrected chi connectivity index (χ1v) is 6.03. The average molecular weight is 275 g/mol. The van der Waals surface area contributed by atoms with Gasteiger partial charge in [0.15, 0.2) is 5.78 Å². The lowest BCUT2D eigenvalue weighted by Gasteiger charge is -2.05. The molecule has 0 bridgehead atoms. The molecule has 0 aliphatic rings. The standard InChI is InChI=1S/C15H11ClO3/c1-10(17)19-12-6-4-5-11(9-12)15(18)13-7-2-3-8-14(13)16/h2-9H,1H3. The van der Waals surface area contributed by atoms with Gasteiger partial charge in [-0.2, -0.15) is 0 Å². The molecular formula is C15H11ClO3. The van der Waals surface area contributed by atoms with E-state index in [9.17, 15) is 9.59 Å². The summed E-state index contributed by atoms with van der Waals surface area (Å²) in [5, 5.41) is 0.394. The molecule has 0 atom stereocenters. The summed E-state index contributed by atoms with van der Waals surface area (Å²) in [6.45, 7) is 1.31. The first-order chi connectivity index (χ1) is 9.08. The van der Waals surface area contributed by atoms with Gasteiger partial charge >= 0.3 is 5.97 Å². The van der Waals surface area contributed by atoms with Crippen LogP contribution in [0, 0.1) is 0 Å². The zero-order valence-electron chi connectivity index (χ0n) is 10.2.